The van der Waals surface area contributed by atoms with Crippen LogP contribution >= 0.6 is 0 Å². The molecule has 0 aromatic heterocycles. The van der Waals surface area contributed by atoms with Gasteiger partial charge in [-0.05, 0) is 30.7 Å². The summed E-state index contributed by atoms with van der Waals surface area (Å²) >= 11 is 0. The molecule has 92 valence electrons. The van der Waals surface area contributed by atoms with Crippen LogP contribution in [0.1, 0.15) is 15.9 Å². The Hall–Kier alpha value is -1.95. The molecule has 4 N–H and O–H groups in total. The van der Waals surface area contributed by atoms with Crippen LogP contribution in [0.3, 0.4) is 0 Å². The average molecular weight is 240 g/mol. The third-order valence-corrected chi connectivity index (χ3v) is 2.20. The van der Waals surface area contributed by atoms with E-state index < -0.39 is 23.7 Å². The normalized spacial score (nSPS) is 11.9. The van der Waals surface area contributed by atoms with Gasteiger partial charge in [0.2, 0.25) is 5.91 Å². The van der Waals surface area contributed by atoms with E-state index in [0.29, 0.717) is 5.56 Å². The third kappa shape index (κ3) is 3.53. The van der Waals surface area contributed by atoms with E-state index in [1.807, 2.05) is 0 Å². The maximum Gasteiger partial charge on any atom is 0.251 e. The molecule has 1 aromatic rings. The summed E-state index contributed by atoms with van der Waals surface area (Å²) in [5, 5.41) is 11.4. The van der Waals surface area contributed by atoms with E-state index in [1.54, 1.807) is 0 Å². The quantitative estimate of drug-likeness (QED) is 0.675. The standard InChI is InChI=1S/C11H13FN2O3/c1-6-4-7(2-3-8(6)12)11(17)14-5-9(15)10(13)16/h2-4,9,15H,5H2,1H3,(H2,13,16)(H,14,17). The van der Waals surface area contributed by atoms with E-state index in [-0.39, 0.29) is 12.1 Å². The highest BCUT2D eigenvalue weighted by Gasteiger charge is 2.13. The molecule has 1 aromatic carbocycles. The predicted octanol–water partition coefficient (Wildman–Crippen LogP) is -0.290. The zero-order valence-corrected chi connectivity index (χ0v) is 9.24. The van der Waals surface area contributed by atoms with Gasteiger partial charge in [0, 0.05) is 5.56 Å². The number of aryl methyl sites for hydroxylation is 1. The fraction of sp³-hybridized carbons (Fsp3) is 0.273. The summed E-state index contributed by atoms with van der Waals surface area (Å²) in [6.07, 6.45) is -1.43. The number of primary amides is 1. The predicted molar refractivity (Wildman–Crippen MR) is 58.7 cm³/mol. The fourth-order valence-electron chi connectivity index (χ4n) is 1.18. The van der Waals surface area contributed by atoms with E-state index in [9.17, 15) is 14.0 Å². The minimum absolute atomic E-state index is 0.251. The number of rotatable bonds is 4. The Morgan fingerprint density at radius 1 is 1.53 bits per heavy atom. The number of carbonyl (C=O) groups is 2. The number of hydrogen-bond acceptors (Lipinski definition) is 3. The molecule has 0 saturated carbocycles. The number of halogens is 1. The second-order valence-electron chi connectivity index (χ2n) is 3.59. The molecule has 0 aliphatic carbocycles. The van der Waals surface area contributed by atoms with Crippen LogP contribution in [0.25, 0.3) is 0 Å². The van der Waals surface area contributed by atoms with Crippen molar-refractivity contribution in [2.45, 2.75) is 13.0 Å². The summed E-state index contributed by atoms with van der Waals surface area (Å²) in [4.78, 5) is 22.1. The molecular formula is C11H13FN2O3. The van der Waals surface area contributed by atoms with Crippen molar-refractivity contribution in [2.24, 2.45) is 5.73 Å². The van der Waals surface area contributed by atoms with E-state index in [0.717, 1.165) is 0 Å². The number of aliphatic hydroxyl groups excluding tert-OH is 1. The SMILES string of the molecule is Cc1cc(C(=O)NCC(O)C(N)=O)ccc1F. The zero-order valence-electron chi connectivity index (χ0n) is 9.24. The topological polar surface area (TPSA) is 92.4 Å². The van der Waals surface area contributed by atoms with Crippen molar-refractivity contribution in [1.82, 2.24) is 5.32 Å². The third-order valence-electron chi connectivity index (χ3n) is 2.20. The van der Waals surface area contributed by atoms with Crippen LogP contribution < -0.4 is 11.1 Å². The van der Waals surface area contributed by atoms with Crippen LogP contribution in [0, 0.1) is 12.7 Å². The highest BCUT2D eigenvalue weighted by molar-refractivity contribution is 5.94. The molecular weight excluding hydrogens is 227 g/mol. The van der Waals surface area contributed by atoms with Gasteiger partial charge in [-0.3, -0.25) is 9.59 Å². The first-order valence-corrected chi connectivity index (χ1v) is 4.93. The van der Waals surface area contributed by atoms with Crippen molar-refractivity contribution in [1.29, 1.82) is 0 Å². The van der Waals surface area contributed by atoms with Gasteiger partial charge in [0.25, 0.3) is 5.91 Å². The lowest BCUT2D eigenvalue weighted by Gasteiger charge is -2.09. The van der Waals surface area contributed by atoms with Crippen molar-refractivity contribution >= 4 is 11.8 Å². The Labute approximate surface area is 97.4 Å². The first kappa shape index (κ1) is 13.1. The van der Waals surface area contributed by atoms with Gasteiger partial charge < -0.3 is 16.2 Å². The molecule has 17 heavy (non-hydrogen) atoms. The van der Waals surface area contributed by atoms with Gasteiger partial charge >= 0.3 is 0 Å². The van der Waals surface area contributed by atoms with Crippen molar-refractivity contribution in [2.75, 3.05) is 6.54 Å². The van der Waals surface area contributed by atoms with Crippen molar-refractivity contribution < 1.29 is 19.1 Å². The Bertz CT molecular complexity index is 448. The number of benzene rings is 1. The lowest BCUT2D eigenvalue weighted by atomic mass is 10.1. The summed E-state index contributed by atoms with van der Waals surface area (Å²) in [5.74, 6) is -1.83. The van der Waals surface area contributed by atoms with Crippen LogP contribution in [0.2, 0.25) is 0 Å². The van der Waals surface area contributed by atoms with Crippen LogP contribution in [0.15, 0.2) is 18.2 Å². The van der Waals surface area contributed by atoms with Gasteiger partial charge in [-0.25, -0.2) is 4.39 Å². The molecule has 2 amide bonds. The van der Waals surface area contributed by atoms with E-state index in [1.165, 1.54) is 25.1 Å². The molecule has 0 aliphatic rings. The molecule has 0 aliphatic heterocycles. The number of amides is 2. The monoisotopic (exact) mass is 240 g/mol. The summed E-state index contributed by atoms with van der Waals surface area (Å²) in [7, 11) is 0. The Kier molecular flexibility index (Phi) is 4.17. The molecule has 6 heteroatoms. The summed E-state index contributed by atoms with van der Waals surface area (Å²) < 4.78 is 12.9. The molecule has 0 heterocycles. The zero-order chi connectivity index (χ0) is 13.0. The van der Waals surface area contributed by atoms with Gasteiger partial charge in [-0.15, -0.1) is 0 Å². The van der Waals surface area contributed by atoms with Crippen LogP contribution in [-0.4, -0.2) is 29.6 Å². The number of nitrogens with one attached hydrogen (secondary N) is 1. The lowest BCUT2D eigenvalue weighted by Crippen LogP contribution is -2.40. The molecule has 0 bridgehead atoms. The summed E-state index contributed by atoms with van der Waals surface area (Å²) in [6.45, 7) is 1.26. The van der Waals surface area contributed by atoms with Gasteiger partial charge in [0.05, 0.1) is 6.54 Å². The molecule has 0 radical (unpaired) electrons. The van der Waals surface area contributed by atoms with Crippen LogP contribution in [0.4, 0.5) is 4.39 Å². The first-order chi connectivity index (χ1) is 7.91. The minimum Gasteiger partial charge on any atom is -0.381 e. The smallest absolute Gasteiger partial charge is 0.251 e. The van der Waals surface area contributed by atoms with Gasteiger partial charge in [-0.1, -0.05) is 0 Å². The number of aliphatic hydroxyl groups is 1. The van der Waals surface area contributed by atoms with Gasteiger partial charge in [0.1, 0.15) is 11.9 Å². The van der Waals surface area contributed by atoms with Crippen molar-refractivity contribution in [3.05, 3.63) is 35.1 Å². The number of hydrogen-bond donors (Lipinski definition) is 3. The number of nitrogens with two attached hydrogens (primary N) is 1. The maximum atomic E-state index is 12.9. The van der Waals surface area contributed by atoms with Crippen LogP contribution in [0.5, 0.6) is 0 Å². The average Bonchev–Trinajstić information content (AvgIpc) is 2.28. The maximum absolute atomic E-state index is 12.9. The highest BCUT2D eigenvalue weighted by atomic mass is 19.1. The fourth-order valence-corrected chi connectivity index (χ4v) is 1.18. The molecule has 0 spiro atoms. The highest BCUT2D eigenvalue weighted by Crippen LogP contribution is 2.08. The second kappa shape index (κ2) is 5.40. The molecule has 1 rings (SSSR count). The van der Waals surface area contributed by atoms with E-state index in [4.69, 9.17) is 10.8 Å². The Morgan fingerprint density at radius 2 is 2.18 bits per heavy atom. The first-order valence-electron chi connectivity index (χ1n) is 4.93. The Balaban J connectivity index is 2.64. The molecule has 5 nitrogen and oxygen atoms in total. The van der Waals surface area contributed by atoms with Crippen LogP contribution in [-0.2, 0) is 4.79 Å². The summed E-state index contributed by atoms with van der Waals surface area (Å²) in [6, 6.07) is 3.87. The van der Waals surface area contributed by atoms with E-state index in [2.05, 4.69) is 5.32 Å². The molecule has 0 saturated heterocycles. The summed E-state index contributed by atoms with van der Waals surface area (Å²) in [5.41, 5.74) is 5.41. The van der Waals surface area contributed by atoms with Crippen molar-refractivity contribution in [3.63, 3.8) is 0 Å². The van der Waals surface area contributed by atoms with Gasteiger partial charge in [-0.2, -0.15) is 0 Å². The van der Waals surface area contributed by atoms with E-state index >= 15 is 0 Å². The van der Waals surface area contributed by atoms with Gasteiger partial charge in [0.15, 0.2) is 0 Å². The number of carbonyl (C=O) groups excluding carboxylic acids is 2. The lowest BCUT2D eigenvalue weighted by molar-refractivity contribution is -0.125. The molecule has 1 unspecified atom stereocenters. The molecule has 1 atom stereocenters. The second-order valence-corrected chi connectivity index (χ2v) is 3.59. The molecule has 0 fully saturated rings. The Morgan fingerprint density at radius 3 is 2.71 bits per heavy atom. The largest absolute Gasteiger partial charge is 0.381 e. The minimum atomic E-state index is -1.43. The van der Waals surface area contributed by atoms with Crippen molar-refractivity contribution in [3.8, 4) is 0 Å².